The van der Waals surface area contributed by atoms with Crippen LogP contribution < -0.4 is 10.1 Å². The predicted octanol–water partition coefficient (Wildman–Crippen LogP) is 3.97. The Kier molecular flexibility index (Phi) is 6.33. The molecule has 3 aromatic rings. The number of anilines is 1. The third kappa shape index (κ3) is 5.16. The second-order valence-corrected chi connectivity index (χ2v) is 6.12. The lowest BCUT2D eigenvalue weighted by molar-refractivity contribution is -0.384. The average Bonchev–Trinajstić information content (AvgIpc) is 2.75. The van der Waals surface area contributed by atoms with Gasteiger partial charge in [-0.3, -0.25) is 14.9 Å². The van der Waals surface area contributed by atoms with Gasteiger partial charge in [-0.2, -0.15) is 0 Å². The van der Waals surface area contributed by atoms with Gasteiger partial charge in [0.25, 0.3) is 11.6 Å². The highest BCUT2D eigenvalue weighted by atomic mass is 16.6. The number of para-hydroxylation sites is 1. The van der Waals surface area contributed by atoms with E-state index in [1.54, 1.807) is 30.3 Å². The van der Waals surface area contributed by atoms with Gasteiger partial charge < -0.3 is 14.8 Å². The normalized spacial score (nSPS) is 11.2. The molecule has 0 radical (unpaired) electrons. The van der Waals surface area contributed by atoms with E-state index in [1.165, 1.54) is 43.5 Å². The summed E-state index contributed by atoms with van der Waals surface area (Å²) in [6.07, 6.45) is 0.301. The van der Waals surface area contributed by atoms with Crippen LogP contribution in [0.2, 0.25) is 0 Å². The van der Waals surface area contributed by atoms with Crippen molar-refractivity contribution in [1.29, 1.82) is 0 Å². The van der Waals surface area contributed by atoms with Crippen molar-refractivity contribution in [1.82, 2.24) is 4.98 Å². The lowest BCUT2D eigenvalue weighted by Gasteiger charge is -2.15. The van der Waals surface area contributed by atoms with Crippen LogP contribution in [0.1, 0.15) is 17.3 Å². The largest absolute Gasteiger partial charge is 0.449 e. The average molecular weight is 407 g/mol. The van der Waals surface area contributed by atoms with Crippen LogP contribution in [-0.2, 0) is 9.53 Å². The number of carbonyl (C=O) groups excluding carboxylic acids is 2. The Labute approximate surface area is 171 Å². The lowest BCUT2D eigenvalue weighted by atomic mass is 10.2. The SMILES string of the molecule is CC(OC(=O)c1cccnc1Oc1ccccc1)C(=O)Nc1cccc([N+](=O)[O-])c1. The molecule has 1 amide bonds. The number of ether oxygens (including phenoxy) is 2. The molecule has 9 heteroatoms. The van der Waals surface area contributed by atoms with Gasteiger partial charge in [-0.25, -0.2) is 9.78 Å². The number of benzene rings is 2. The minimum absolute atomic E-state index is 0.0417. The van der Waals surface area contributed by atoms with E-state index in [0.29, 0.717) is 5.75 Å². The smallest absolute Gasteiger partial charge is 0.344 e. The summed E-state index contributed by atoms with van der Waals surface area (Å²) in [7, 11) is 0. The number of hydrogen-bond acceptors (Lipinski definition) is 7. The fourth-order valence-electron chi connectivity index (χ4n) is 2.45. The number of aromatic nitrogens is 1. The molecule has 0 saturated heterocycles. The van der Waals surface area contributed by atoms with Crippen molar-refractivity contribution in [2.24, 2.45) is 0 Å². The van der Waals surface area contributed by atoms with Crippen LogP contribution in [0.15, 0.2) is 72.9 Å². The van der Waals surface area contributed by atoms with Gasteiger partial charge in [-0.15, -0.1) is 0 Å². The van der Waals surface area contributed by atoms with Crippen molar-refractivity contribution in [2.45, 2.75) is 13.0 Å². The summed E-state index contributed by atoms with van der Waals surface area (Å²) in [5.41, 5.74) is 0.0958. The molecule has 0 spiro atoms. The molecule has 0 saturated carbocycles. The Balaban J connectivity index is 1.68. The second kappa shape index (κ2) is 9.28. The van der Waals surface area contributed by atoms with Crippen molar-refractivity contribution in [3.63, 3.8) is 0 Å². The molecule has 9 nitrogen and oxygen atoms in total. The second-order valence-electron chi connectivity index (χ2n) is 6.12. The first kappa shape index (κ1) is 20.5. The van der Waals surface area contributed by atoms with Crippen molar-refractivity contribution < 1.29 is 24.0 Å². The number of nitro benzene ring substituents is 1. The minimum atomic E-state index is -1.17. The van der Waals surface area contributed by atoms with Crippen molar-refractivity contribution in [2.75, 3.05) is 5.32 Å². The van der Waals surface area contributed by atoms with E-state index in [0.717, 1.165) is 0 Å². The topological polar surface area (TPSA) is 121 Å². The number of rotatable bonds is 7. The van der Waals surface area contributed by atoms with Gasteiger partial charge in [0.05, 0.1) is 4.92 Å². The van der Waals surface area contributed by atoms with Gasteiger partial charge >= 0.3 is 5.97 Å². The fourth-order valence-corrected chi connectivity index (χ4v) is 2.45. The number of amides is 1. The zero-order valence-corrected chi connectivity index (χ0v) is 15.8. The maximum atomic E-state index is 12.6. The number of carbonyl (C=O) groups is 2. The molecule has 1 aromatic heterocycles. The number of nitrogens with one attached hydrogen (secondary N) is 1. The Bertz CT molecular complexity index is 1070. The van der Waals surface area contributed by atoms with E-state index in [2.05, 4.69) is 10.3 Å². The number of pyridine rings is 1. The maximum Gasteiger partial charge on any atom is 0.344 e. The molecule has 0 aliphatic heterocycles. The molecular weight excluding hydrogens is 390 g/mol. The van der Waals surface area contributed by atoms with Gasteiger partial charge in [0, 0.05) is 24.0 Å². The highest BCUT2D eigenvalue weighted by Crippen LogP contribution is 2.24. The summed E-state index contributed by atoms with van der Waals surface area (Å²) < 4.78 is 10.8. The molecule has 3 rings (SSSR count). The van der Waals surface area contributed by atoms with Crippen LogP contribution in [0.3, 0.4) is 0 Å². The summed E-state index contributed by atoms with van der Waals surface area (Å²) in [4.78, 5) is 39.2. The molecule has 30 heavy (non-hydrogen) atoms. The van der Waals surface area contributed by atoms with Crippen LogP contribution >= 0.6 is 0 Å². The van der Waals surface area contributed by atoms with E-state index < -0.39 is 22.9 Å². The molecule has 0 aliphatic carbocycles. The Hall–Kier alpha value is -4.27. The molecule has 1 unspecified atom stereocenters. The van der Waals surface area contributed by atoms with E-state index in [4.69, 9.17) is 9.47 Å². The third-order valence-corrected chi connectivity index (χ3v) is 3.93. The fraction of sp³-hybridized carbons (Fsp3) is 0.0952. The Morgan fingerprint density at radius 2 is 1.83 bits per heavy atom. The number of esters is 1. The summed E-state index contributed by atoms with van der Waals surface area (Å²) >= 11 is 0. The number of non-ortho nitro benzene ring substituents is 1. The van der Waals surface area contributed by atoms with Crippen LogP contribution in [0.5, 0.6) is 11.6 Å². The zero-order chi connectivity index (χ0) is 21.5. The first-order chi connectivity index (χ1) is 14.4. The Morgan fingerprint density at radius 1 is 1.07 bits per heavy atom. The van der Waals surface area contributed by atoms with Gasteiger partial charge in [-0.1, -0.05) is 24.3 Å². The van der Waals surface area contributed by atoms with E-state index in [1.807, 2.05) is 6.07 Å². The van der Waals surface area contributed by atoms with E-state index >= 15 is 0 Å². The van der Waals surface area contributed by atoms with Gasteiger partial charge in [0.15, 0.2) is 6.10 Å². The molecule has 1 N–H and O–H groups in total. The number of hydrogen-bond donors (Lipinski definition) is 1. The molecule has 1 heterocycles. The van der Waals surface area contributed by atoms with Gasteiger partial charge in [0.1, 0.15) is 11.3 Å². The van der Waals surface area contributed by atoms with Crippen LogP contribution in [0.4, 0.5) is 11.4 Å². The number of nitrogens with zero attached hydrogens (tertiary/aromatic N) is 2. The summed E-state index contributed by atoms with van der Waals surface area (Å²) in [6, 6.07) is 17.2. The summed E-state index contributed by atoms with van der Waals surface area (Å²) in [6.45, 7) is 1.39. The van der Waals surface area contributed by atoms with Crippen LogP contribution in [0, 0.1) is 10.1 Å². The maximum absolute atomic E-state index is 12.6. The van der Waals surface area contributed by atoms with Crippen molar-refractivity contribution in [3.05, 3.63) is 88.6 Å². The minimum Gasteiger partial charge on any atom is -0.449 e. The highest BCUT2D eigenvalue weighted by molar-refractivity contribution is 5.98. The van der Waals surface area contributed by atoms with E-state index in [-0.39, 0.29) is 22.8 Å². The molecule has 152 valence electrons. The Morgan fingerprint density at radius 3 is 2.57 bits per heavy atom. The molecule has 2 aromatic carbocycles. The predicted molar refractivity (Wildman–Crippen MR) is 107 cm³/mol. The highest BCUT2D eigenvalue weighted by Gasteiger charge is 2.23. The lowest BCUT2D eigenvalue weighted by Crippen LogP contribution is -2.30. The van der Waals surface area contributed by atoms with Crippen molar-refractivity contribution in [3.8, 4) is 11.6 Å². The van der Waals surface area contributed by atoms with E-state index in [9.17, 15) is 19.7 Å². The molecule has 0 fully saturated rings. The first-order valence-electron chi connectivity index (χ1n) is 8.88. The quantitative estimate of drug-likeness (QED) is 0.357. The molecular formula is C21H17N3O6. The molecule has 0 bridgehead atoms. The van der Waals surface area contributed by atoms with Crippen LogP contribution in [0.25, 0.3) is 0 Å². The number of nitro groups is 1. The zero-order valence-electron chi connectivity index (χ0n) is 15.8. The summed E-state index contributed by atoms with van der Waals surface area (Å²) in [5.74, 6) is -0.907. The van der Waals surface area contributed by atoms with Crippen molar-refractivity contribution >= 4 is 23.3 Å². The first-order valence-corrected chi connectivity index (χ1v) is 8.88. The molecule has 0 aliphatic rings. The van der Waals surface area contributed by atoms with Gasteiger partial charge in [0.2, 0.25) is 5.88 Å². The monoisotopic (exact) mass is 407 g/mol. The van der Waals surface area contributed by atoms with Gasteiger partial charge in [-0.05, 0) is 37.3 Å². The third-order valence-electron chi connectivity index (χ3n) is 3.93. The van der Waals surface area contributed by atoms with Crippen LogP contribution in [-0.4, -0.2) is 27.9 Å². The molecule has 1 atom stereocenters. The summed E-state index contributed by atoms with van der Waals surface area (Å²) in [5, 5.41) is 13.3. The standard InChI is InChI=1S/C21H17N3O6/c1-14(19(25)23-15-7-5-8-16(13-15)24(27)28)29-21(26)18-11-6-12-22-20(18)30-17-9-3-2-4-10-17/h2-14H,1H3,(H,23,25).